The molecule has 0 aromatic carbocycles. The van der Waals surface area contributed by atoms with Crippen LogP contribution in [0.3, 0.4) is 0 Å². The second-order valence-corrected chi connectivity index (χ2v) is 16.9. The van der Waals surface area contributed by atoms with Gasteiger partial charge in [-0.2, -0.15) is 0 Å². The summed E-state index contributed by atoms with van der Waals surface area (Å²) in [6.07, 6.45) is 32.1. The molecule has 4 N–H and O–H groups in total. The van der Waals surface area contributed by atoms with E-state index in [2.05, 4.69) is 23.9 Å². The third-order valence-electron chi connectivity index (χ3n) is 9.62. The molecule has 0 heterocycles. The summed E-state index contributed by atoms with van der Waals surface area (Å²) >= 11 is -0.210. The summed E-state index contributed by atoms with van der Waals surface area (Å²) in [4.78, 5) is 49.5. The van der Waals surface area contributed by atoms with Gasteiger partial charge in [-0.25, -0.2) is 0 Å². The molecule has 0 radical (unpaired) electrons. The van der Waals surface area contributed by atoms with Crippen molar-refractivity contribution in [3.63, 3.8) is 0 Å². The predicted molar refractivity (Wildman–Crippen MR) is 216 cm³/mol. The van der Waals surface area contributed by atoms with Crippen molar-refractivity contribution < 1.29 is 38.5 Å². The Labute approximate surface area is 330 Å². The first kappa shape index (κ1) is 51.3. The zero-order chi connectivity index (χ0) is 39.2. The molecule has 0 aliphatic heterocycles. The van der Waals surface area contributed by atoms with Crippen LogP contribution in [0.1, 0.15) is 194 Å². The number of nitrogens with two attached hydrogens (primary N) is 1. The number of hydrogen-bond acceptors (Lipinski definition) is 9. The summed E-state index contributed by atoms with van der Waals surface area (Å²) in [5, 5.41) is 12.5. The quantitative estimate of drug-likeness (QED) is 0.0239. The van der Waals surface area contributed by atoms with Crippen LogP contribution < -0.4 is 11.1 Å². The van der Waals surface area contributed by atoms with Gasteiger partial charge in [-0.3, -0.25) is 0 Å². The van der Waals surface area contributed by atoms with Crippen LogP contribution in [-0.4, -0.2) is 82.4 Å². The zero-order valence-electron chi connectivity index (χ0n) is 34.2. The maximum absolute atomic E-state index is 12.7. The third kappa shape index (κ3) is 33.4. The fraction of sp³-hybridized carbons (Fsp3) is 0.905. The van der Waals surface area contributed by atoms with E-state index in [0.29, 0.717) is 23.5 Å². The summed E-state index contributed by atoms with van der Waals surface area (Å²) in [6, 6.07) is -2.09. The standard InChI is InChI=1S/C42H80N2O8Se/c1-4-6-8-10-12-14-16-18-20-22-24-26-28-30-39(46)51-33-36(34-53-35-37(43)41(48)44-38(32-45)42(49)50-3)52-40(47)31-29-27-25-23-21-19-17-15-13-11-9-7-5-2/h36-38,45H,4-35,43H2,1-3H3,(H,44,48)/t36-,37+,38+/m1/s1. The van der Waals surface area contributed by atoms with Crippen molar-refractivity contribution in [3.05, 3.63) is 0 Å². The second kappa shape index (κ2) is 38.6. The summed E-state index contributed by atoms with van der Waals surface area (Å²) in [5.41, 5.74) is 6.05. The molecule has 0 unspecified atom stereocenters. The Morgan fingerprint density at radius 1 is 0.604 bits per heavy atom. The van der Waals surface area contributed by atoms with E-state index < -0.39 is 36.7 Å². The minimum Gasteiger partial charge on any atom is -0.0654 e. The van der Waals surface area contributed by atoms with Gasteiger partial charge in [0, 0.05) is 0 Å². The summed E-state index contributed by atoms with van der Waals surface area (Å²) in [6.45, 7) is 3.89. The van der Waals surface area contributed by atoms with Crippen LogP contribution in [-0.2, 0) is 33.4 Å². The Hall–Kier alpha value is -1.68. The molecule has 0 aromatic heterocycles. The van der Waals surface area contributed by atoms with Gasteiger partial charge in [0.15, 0.2) is 0 Å². The molecule has 312 valence electrons. The van der Waals surface area contributed by atoms with E-state index in [0.717, 1.165) is 38.5 Å². The molecule has 0 aliphatic carbocycles. The van der Waals surface area contributed by atoms with E-state index >= 15 is 0 Å². The number of rotatable bonds is 39. The average Bonchev–Trinajstić information content (AvgIpc) is 3.15. The molecule has 0 saturated heterocycles. The van der Waals surface area contributed by atoms with Gasteiger partial charge in [-0.1, -0.05) is 97.3 Å². The molecule has 11 heteroatoms. The number of methoxy groups -OCH3 is 1. The van der Waals surface area contributed by atoms with Crippen molar-refractivity contribution in [2.75, 3.05) is 20.3 Å². The van der Waals surface area contributed by atoms with Gasteiger partial charge in [-0.05, 0) is 0 Å². The minimum atomic E-state index is -1.18. The molecule has 53 heavy (non-hydrogen) atoms. The molecule has 3 atom stereocenters. The Bertz CT molecular complexity index is 893. The number of carbonyl (C=O) groups excluding carboxylic acids is 4. The number of aliphatic hydroxyl groups excluding tert-OH is 1. The molecular weight excluding hydrogens is 739 g/mol. The number of unbranched alkanes of at least 4 members (excludes halogenated alkanes) is 24. The first-order valence-electron chi connectivity index (χ1n) is 21.5. The van der Waals surface area contributed by atoms with Crippen LogP contribution in [0.25, 0.3) is 0 Å². The third-order valence-corrected chi connectivity index (χ3v) is 12.1. The summed E-state index contributed by atoms with van der Waals surface area (Å²) < 4.78 is 15.9. The Morgan fingerprint density at radius 3 is 1.40 bits per heavy atom. The van der Waals surface area contributed by atoms with E-state index in [-0.39, 0.29) is 33.5 Å². The predicted octanol–water partition coefficient (Wildman–Crippen LogP) is 8.92. The number of aliphatic hydroxyl groups is 1. The van der Waals surface area contributed by atoms with Crippen molar-refractivity contribution in [1.29, 1.82) is 0 Å². The van der Waals surface area contributed by atoms with Gasteiger partial charge in [-0.15, -0.1) is 0 Å². The molecule has 10 nitrogen and oxygen atoms in total. The maximum atomic E-state index is 12.7. The molecule has 0 bridgehead atoms. The van der Waals surface area contributed by atoms with Crippen LogP contribution >= 0.6 is 0 Å². The first-order valence-corrected chi connectivity index (χ1v) is 23.9. The molecule has 0 aromatic rings. The first-order chi connectivity index (χ1) is 25.8. The number of ether oxygens (including phenoxy) is 3. The fourth-order valence-corrected chi connectivity index (χ4v) is 8.23. The summed E-state index contributed by atoms with van der Waals surface area (Å²) in [5.74, 6) is -1.91. The zero-order valence-corrected chi connectivity index (χ0v) is 35.9. The number of esters is 3. The van der Waals surface area contributed by atoms with Crippen LogP contribution in [0.5, 0.6) is 0 Å². The fourth-order valence-electron chi connectivity index (χ4n) is 6.20. The van der Waals surface area contributed by atoms with E-state index in [1.807, 2.05) is 0 Å². The van der Waals surface area contributed by atoms with Crippen molar-refractivity contribution in [1.82, 2.24) is 5.32 Å². The Kier molecular flexibility index (Phi) is 37.4. The molecule has 0 fully saturated rings. The number of carbonyl (C=O) groups is 4. The van der Waals surface area contributed by atoms with Crippen LogP contribution in [0.4, 0.5) is 0 Å². The van der Waals surface area contributed by atoms with Crippen LogP contribution in [0.15, 0.2) is 0 Å². The van der Waals surface area contributed by atoms with Gasteiger partial charge in [0.05, 0.1) is 0 Å². The topological polar surface area (TPSA) is 154 Å². The van der Waals surface area contributed by atoms with E-state index in [1.54, 1.807) is 0 Å². The summed E-state index contributed by atoms with van der Waals surface area (Å²) in [7, 11) is 1.17. The molecule has 0 aliphatic rings. The van der Waals surface area contributed by atoms with Gasteiger partial charge in [0.2, 0.25) is 0 Å². The van der Waals surface area contributed by atoms with Crippen LogP contribution in [0, 0.1) is 0 Å². The molecule has 0 saturated carbocycles. The number of amides is 1. The molecular formula is C42H80N2O8Se. The van der Waals surface area contributed by atoms with Gasteiger partial charge in [0.1, 0.15) is 0 Å². The number of hydrogen-bond donors (Lipinski definition) is 3. The van der Waals surface area contributed by atoms with E-state index in [1.165, 1.54) is 136 Å². The van der Waals surface area contributed by atoms with Crippen molar-refractivity contribution in [2.45, 2.75) is 222 Å². The van der Waals surface area contributed by atoms with Gasteiger partial charge in [0.25, 0.3) is 0 Å². The van der Waals surface area contributed by atoms with E-state index in [9.17, 15) is 24.3 Å². The number of nitrogens with one attached hydrogen (secondary N) is 1. The monoisotopic (exact) mass is 821 g/mol. The van der Waals surface area contributed by atoms with Gasteiger partial charge >= 0.3 is 234 Å². The van der Waals surface area contributed by atoms with Crippen molar-refractivity contribution >= 4 is 38.8 Å². The smallest absolute Gasteiger partial charge is 0.0654 e. The van der Waals surface area contributed by atoms with Crippen molar-refractivity contribution in [3.8, 4) is 0 Å². The van der Waals surface area contributed by atoms with E-state index in [4.69, 9.17) is 15.2 Å². The van der Waals surface area contributed by atoms with Crippen molar-refractivity contribution in [2.24, 2.45) is 5.73 Å². The average molecular weight is 820 g/mol. The second-order valence-electron chi connectivity index (χ2n) is 14.7. The van der Waals surface area contributed by atoms with Gasteiger partial charge < -0.3 is 0 Å². The Morgan fingerprint density at radius 2 is 1.00 bits per heavy atom. The molecule has 1 amide bonds. The molecule has 0 spiro atoms. The van der Waals surface area contributed by atoms with Crippen LogP contribution in [0.2, 0.25) is 10.6 Å². The minimum absolute atomic E-state index is 0.0142. The SMILES string of the molecule is CCCCCCCCCCCCCCCC(=O)OC[C@H](C[Se]C[C@H](N)C(=O)N[C@@H](CO)C(=O)OC)OC(=O)CCCCCCCCCCCCCCC. The molecule has 0 rings (SSSR count). The normalized spacial score (nSPS) is 12.9. The Balaban J connectivity index is 4.49.